The minimum atomic E-state index is -0.736. The quantitative estimate of drug-likeness (QED) is 0.285. The molecule has 9 nitrogen and oxygen atoms in total. The summed E-state index contributed by atoms with van der Waals surface area (Å²) in [7, 11) is 1.60. The van der Waals surface area contributed by atoms with Gasteiger partial charge in [0.15, 0.2) is 0 Å². The van der Waals surface area contributed by atoms with Gasteiger partial charge >= 0.3 is 6.03 Å². The van der Waals surface area contributed by atoms with Crippen LogP contribution in [-0.2, 0) is 17.8 Å². The lowest BCUT2D eigenvalue weighted by molar-refractivity contribution is -0.120. The number of methoxy groups -OCH3 is 1. The van der Waals surface area contributed by atoms with Crippen molar-refractivity contribution in [3.05, 3.63) is 119 Å². The number of furan rings is 1. The van der Waals surface area contributed by atoms with Crippen LogP contribution in [0.2, 0.25) is 0 Å². The number of nitrogens with zero attached hydrogens (tertiary/aromatic N) is 2. The summed E-state index contributed by atoms with van der Waals surface area (Å²) in [5, 5.41) is 3.85. The van der Waals surface area contributed by atoms with Gasteiger partial charge in [0.2, 0.25) is 0 Å². The summed E-state index contributed by atoms with van der Waals surface area (Å²) in [5.41, 5.74) is 4.15. The third kappa shape index (κ3) is 3.97. The summed E-state index contributed by atoms with van der Waals surface area (Å²) in [6, 6.07) is 23.9. The van der Waals surface area contributed by atoms with E-state index in [0.717, 1.165) is 32.6 Å². The number of rotatable bonds is 6. The van der Waals surface area contributed by atoms with E-state index in [-0.39, 0.29) is 23.7 Å². The van der Waals surface area contributed by atoms with Crippen LogP contribution in [0.5, 0.6) is 5.75 Å². The molecule has 2 atom stereocenters. The highest BCUT2D eigenvalue weighted by molar-refractivity contribution is 6.24. The number of urea groups is 1. The lowest BCUT2D eigenvalue weighted by Gasteiger charge is -2.36. The minimum absolute atomic E-state index is 0.179. The molecule has 2 N–H and O–H groups in total. The molecule has 204 valence electrons. The van der Waals surface area contributed by atoms with Crippen LogP contribution in [-0.4, -0.2) is 40.9 Å². The molecule has 4 heterocycles. The standard InChI is InChI=1S/C32H26N4O5/c1-40-20-14-12-19(13-15-20)29-28-24(22-8-2-4-10-25(22)34-28)17-27-31(38)36(32(39)35(27)29)26-11-5-3-9-23(26)30(37)33-18-21-7-6-16-41-21/h2-16,27,29,34H,17-18H2,1H3,(H,33,37). The number of benzene rings is 3. The zero-order chi connectivity index (χ0) is 28.1. The van der Waals surface area contributed by atoms with Crippen LogP contribution in [0.25, 0.3) is 10.9 Å². The number of carbonyl (C=O) groups excluding carboxylic acids is 3. The van der Waals surface area contributed by atoms with Crippen molar-refractivity contribution in [1.82, 2.24) is 15.2 Å². The molecule has 2 aliphatic heterocycles. The highest BCUT2D eigenvalue weighted by Crippen LogP contribution is 2.45. The predicted molar refractivity (Wildman–Crippen MR) is 152 cm³/mol. The van der Waals surface area contributed by atoms with E-state index < -0.39 is 24.0 Å². The second-order valence-corrected chi connectivity index (χ2v) is 10.1. The lowest BCUT2D eigenvalue weighted by atomic mass is 9.89. The van der Waals surface area contributed by atoms with Gasteiger partial charge in [-0.15, -0.1) is 0 Å². The van der Waals surface area contributed by atoms with Crippen LogP contribution in [0.3, 0.4) is 0 Å². The Morgan fingerprint density at radius 2 is 1.78 bits per heavy atom. The Kier molecular flexibility index (Phi) is 5.85. The number of anilines is 1. The number of para-hydroxylation sites is 2. The predicted octanol–water partition coefficient (Wildman–Crippen LogP) is 5.18. The first-order valence-corrected chi connectivity index (χ1v) is 13.3. The van der Waals surface area contributed by atoms with Gasteiger partial charge in [-0.1, -0.05) is 42.5 Å². The van der Waals surface area contributed by atoms with E-state index in [0.29, 0.717) is 17.9 Å². The summed E-state index contributed by atoms with van der Waals surface area (Å²) in [6.45, 7) is 0.179. The van der Waals surface area contributed by atoms with Gasteiger partial charge in [0, 0.05) is 23.0 Å². The number of amides is 4. The molecule has 0 aliphatic carbocycles. The Labute approximate surface area is 235 Å². The van der Waals surface area contributed by atoms with Gasteiger partial charge in [0.25, 0.3) is 11.8 Å². The van der Waals surface area contributed by atoms with Crippen molar-refractivity contribution < 1.29 is 23.5 Å². The van der Waals surface area contributed by atoms with Gasteiger partial charge < -0.3 is 19.5 Å². The molecule has 5 aromatic rings. The van der Waals surface area contributed by atoms with E-state index in [1.165, 1.54) is 6.26 Å². The number of aromatic amines is 1. The molecular weight excluding hydrogens is 520 g/mol. The van der Waals surface area contributed by atoms with E-state index >= 15 is 0 Å². The molecule has 7 rings (SSSR count). The number of nitrogens with one attached hydrogen (secondary N) is 2. The third-order valence-electron chi connectivity index (χ3n) is 7.87. The number of hydrogen-bond donors (Lipinski definition) is 2. The SMILES string of the molecule is COc1ccc(C2c3[nH]c4ccccc4c3CC3C(=O)N(c4ccccc4C(=O)NCc4ccco4)C(=O)N32)cc1. The fraction of sp³-hybridized carbons (Fsp3) is 0.156. The number of hydrogen-bond acceptors (Lipinski definition) is 5. The third-order valence-corrected chi connectivity index (χ3v) is 7.87. The smallest absolute Gasteiger partial charge is 0.332 e. The Morgan fingerprint density at radius 1 is 1.00 bits per heavy atom. The van der Waals surface area contributed by atoms with Crippen molar-refractivity contribution in [3.63, 3.8) is 0 Å². The zero-order valence-corrected chi connectivity index (χ0v) is 22.2. The number of carbonyl (C=O) groups is 3. The molecule has 2 aromatic heterocycles. The fourth-order valence-electron chi connectivity index (χ4n) is 5.97. The second kappa shape index (κ2) is 9.71. The molecule has 0 radical (unpaired) electrons. The largest absolute Gasteiger partial charge is 0.497 e. The molecule has 9 heteroatoms. The molecule has 3 aromatic carbocycles. The molecule has 4 amide bonds. The van der Waals surface area contributed by atoms with Crippen molar-refractivity contribution in [2.75, 3.05) is 12.0 Å². The van der Waals surface area contributed by atoms with Crippen LogP contribution in [0, 0.1) is 0 Å². The monoisotopic (exact) mass is 546 g/mol. The molecule has 2 unspecified atom stereocenters. The number of fused-ring (bicyclic) bond motifs is 4. The first-order valence-electron chi connectivity index (χ1n) is 13.3. The van der Waals surface area contributed by atoms with Crippen molar-refractivity contribution in [1.29, 1.82) is 0 Å². The maximum absolute atomic E-state index is 14.2. The second-order valence-electron chi connectivity index (χ2n) is 10.1. The van der Waals surface area contributed by atoms with Gasteiger partial charge in [-0.3, -0.25) is 14.5 Å². The summed E-state index contributed by atoms with van der Waals surface area (Å²) >= 11 is 0. The van der Waals surface area contributed by atoms with Crippen molar-refractivity contribution in [2.24, 2.45) is 0 Å². The van der Waals surface area contributed by atoms with Gasteiger partial charge in [-0.05, 0) is 53.6 Å². The first kappa shape index (κ1) is 24.7. The highest BCUT2D eigenvalue weighted by atomic mass is 16.5. The summed E-state index contributed by atoms with van der Waals surface area (Å²) in [5.74, 6) is 0.510. The summed E-state index contributed by atoms with van der Waals surface area (Å²) in [6.07, 6.45) is 1.89. The number of H-pyrrole nitrogens is 1. The van der Waals surface area contributed by atoms with Gasteiger partial charge in [-0.2, -0.15) is 0 Å². The Hall–Kier alpha value is -5.31. The number of aromatic nitrogens is 1. The topological polar surface area (TPSA) is 108 Å². The van der Waals surface area contributed by atoms with Gasteiger partial charge in [-0.25, -0.2) is 9.69 Å². The number of imide groups is 1. The van der Waals surface area contributed by atoms with E-state index in [2.05, 4.69) is 10.3 Å². The fourth-order valence-corrected chi connectivity index (χ4v) is 5.97. The molecule has 0 saturated carbocycles. The van der Waals surface area contributed by atoms with Crippen LogP contribution in [0.4, 0.5) is 10.5 Å². The Balaban J connectivity index is 1.30. The van der Waals surface area contributed by atoms with Crippen molar-refractivity contribution in [3.8, 4) is 5.75 Å². The van der Waals surface area contributed by atoms with Crippen molar-refractivity contribution in [2.45, 2.75) is 25.0 Å². The molecular formula is C32H26N4O5. The maximum Gasteiger partial charge on any atom is 0.332 e. The van der Waals surface area contributed by atoms with Crippen molar-refractivity contribution >= 4 is 34.4 Å². The molecule has 0 bridgehead atoms. The Morgan fingerprint density at radius 3 is 2.56 bits per heavy atom. The first-order chi connectivity index (χ1) is 20.0. The van der Waals surface area contributed by atoms with Gasteiger partial charge in [0.1, 0.15) is 23.6 Å². The van der Waals surface area contributed by atoms with Crippen LogP contribution < -0.4 is 15.0 Å². The average Bonchev–Trinajstić information content (AvgIpc) is 3.72. The average molecular weight is 547 g/mol. The zero-order valence-electron chi connectivity index (χ0n) is 22.2. The molecule has 2 aliphatic rings. The molecule has 1 fully saturated rings. The molecule has 1 saturated heterocycles. The van der Waals surface area contributed by atoms with E-state index in [9.17, 15) is 14.4 Å². The van der Waals surface area contributed by atoms with Crippen LogP contribution in [0.15, 0.2) is 95.6 Å². The van der Waals surface area contributed by atoms with E-state index in [4.69, 9.17) is 9.15 Å². The minimum Gasteiger partial charge on any atom is -0.497 e. The molecule has 0 spiro atoms. The van der Waals surface area contributed by atoms with E-state index in [1.54, 1.807) is 48.4 Å². The lowest BCUT2D eigenvalue weighted by Crippen LogP contribution is -2.44. The summed E-state index contributed by atoms with van der Waals surface area (Å²) in [4.78, 5) is 47.9. The molecule has 41 heavy (non-hydrogen) atoms. The van der Waals surface area contributed by atoms with E-state index in [1.807, 2.05) is 48.5 Å². The summed E-state index contributed by atoms with van der Waals surface area (Å²) < 4.78 is 10.7. The normalized spacial score (nSPS) is 18.0. The van der Waals surface area contributed by atoms with Crippen LogP contribution >= 0.6 is 0 Å². The number of ether oxygens (including phenoxy) is 1. The van der Waals surface area contributed by atoms with Crippen LogP contribution in [0.1, 0.15) is 39.0 Å². The van der Waals surface area contributed by atoms with Gasteiger partial charge in [0.05, 0.1) is 31.2 Å². The Bertz CT molecular complexity index is 1790. The maximum atomic E-state index is 14.2. The highest BCUT2D eigenvalue weighted by Gasteiger charge is 2.53.